The summed E-state index contributed by atoms with van der Waals surface area (Å²) in [5.74, 6) is -0.153. The summed E-state index contributed by atoms with van der Waals surface area (Å²) in [7, 11) is -1.08. The summed E-state index contributed by atoms with van der Waals surface area (Å²) in [6.45, 7) is 7.36. The summed E-state index contributed by atoms with van der Waals surface area (Å²) in [5.41, 5.74) is 0. The van der Waals surface area contributed by atoms with Gasteiger partial charge >= 0.3 is 26.2 Å². The molecule has 0 fully saturated rings. The topological polar surface area (TPSA) is 79.2 Å². The van der Waals surface area contributed by atoms with Crippen LogP contribution in [0.25, 0.3) is 0 Å². The van der Waals surface area contributed by atoms with E-state index >= 15 is 0 Å². The fraction of sp³-hybridized carbons (Fsp3) is 0.500. The van der Waals surface area contributed by atoms with Gasteiger partial charge < -0.3 is 26.0 Å². The second-order valence-corrected chi connectivity index (χ2v) is 4.17. The van der Waals surface area contributed by atoms with Crippen LogP contribution in [-0.4, -0.2) is 34.8 Å². The Kier molecular flexibility index (Phi) is 12.2. The van der Waals surface area contributed by atoms with Crippen LogP contribution in [0.15, 0.2) is 24.3 Å². The predicted molar refractivity (Wildman–Crippen MR) is 71.3 cm³/mol. The zero-order chi connectivity index (χ0) is 14.1. The van der Waals surface area contributed by atoms with E-state index < -0.39 is 7.32 Å². The number of benzene rings is 1. The van der Waals surface area contributed by atoms with E-state index in [1.54, 1.807) is 12.1 Å². The van der Waals surface area contributed by atoms with E-state index in [1.807, 2.05) is 27.7 Å². The van der Waals surface area contributed by atoms with E-state index in [0.29, 0.717) is 0 Å². The summed E-state index contributed by atoms with van der Waals surface area (Å²) >= 11 is 0. The van der Waals surface area contributed by atoms with Gasteiger partial charge in [-0.3, -0.25) is 0 Å². The SMILES string of the molecule is CC(C)OB(O)OC(C)C.Oc1ccccc1O.[H-].[Li+]. The normalized spacial score (nSPS) is 9.63. The van der Waals surface area contributed by atoms with E-state index in [2.05, 4.69) is 0 Å². The fourth-order valence-electron chi connectivity index (χ4n) is 0.962. The molecule has 5 nitrogen and oxygen atoms in total. The molecule has 0 amide bonds. The van der Waals surface area contributed by atoms with Gasteiger partial charge in [-0.1, -0.05) is 12.1 Å². The second kappa shape index (κ2) is 11.2. The minimum atomic E-state index is -1.08. The molecule has 0 aliphatic heterocycles. The van der Waals surface area contributed by atoms with Gasteiger partial charge in [0.2, 0.25) is 0 Å². The third-order valence-electron chi connectivity index (χ3n) is 1.66. The van der Waals surface area contributed by atoms with Gasteiger partial charge in [0.25, 0.3) is 0 Å². The zero-order valence-electron chi connectivity index (χ0n) is 13.2. The van der Waals surface area contributed by atoms with Gasteiger partial charge in [-0.25, -0.2) is 0 Å². The molecule has 1 aromatic carbocycles. The van der Waals surface area contributed by atoms with Gasteiger partial charge in [-0.05, 0) is 39.8 Å². The quantitative estimate of drug-likeness (QED) is 0.481. The smallest absolute Gasteiger partial charge is 1.00 e. The molecule has 0 radical (unpaired) electrons. The van der Waals surface area contributed by atoms with Crippen molar-refractivity contribution in [3.8, 4) is 11.5 Å². The number of hydrogen-bond donors (Lipinski definition) is 3. The molecule has 104 valence electrons. The standard InChI is InChI=1S/C6H15BO3.C6H6O2.Li.H/c1-5(2)9-7(8)10-6(3)4;7-5-3-1-2-4-6(5)8;;/h5-6,8H,1-4H3;1-4,7-8H;;/q;;+1;-1. The molecule has 0 aliphatic carbocycles. The van der Waals surface area contributed by atoms with Crippen molar-refractivity contribution in [3.05, 3.63) is 24.3 Å². The first-order chi connectivity index (χ1) is 8.32. The second-order valence-electron chi connectivity index (χ2n) is 4.17. The van der Waals surface area contributed by atoms with Crippen LogP contribution in [0.3, 0.4) is 0 Å². The van der Waals surface area contributed by atoms with Crippen LogP contribution in [0.5, 0.6) is 11.5 Å². The van der Waals surface area contributed by atoms with Crippen LogP contribution in [0, 0.1) is 0 Å². The van der Waals surface area contributed by atoms with Crippen LogP contribution in [0.4, 0.5) is 0 Å². The Morgan fingerprint density at radius 3 is 1.47 bits per heavy atom. The average Bonchev–Trinajstić information content (AvgIpc) is 2.21. The molecule has 0 aromatic heterocycles. The molecule has 0 heterocycles. The summed E-state index contributed by atoms with van der Waals surface area (Å²) in [4.78, 5) is 0. The Hall–Kier alpha value is -0.638. The van der Waals surface area contributed by atoms with Gasteiger partial charge in [0.1, 0.15) is 0 Å². The Bertz CT molecular complexity index is 310. The van der Waals surface area contributed by atoms with Crippen LogP contribution in [0.1, 0.15) is 29.1 Å². The summed E-state index contributed by atoms with van der Waals surface area (Å²) < 4.78 is 9.79. The number of phenolic OH excluding ortho intramolecular Hbond substituents is 2. The van der Waals surface area contributed by atoms with Crippen molar-refractivity contribution < 1.29 is 44.8 Å². The van der Waals surface area contributed by atoms with Crippen LogP contribution >= 0.6 is 0 Å². The molecule has 3 N–H and O–H groups in total. The molecule has 19 heavy (non-hydrogen) atoms. The fourth-order valence-corrected chi connectivity index (χ4v) is 0.962. The molecule has 0 spiro atoms. The molecule has 0 saturated heterocycles. The number of aromatic hydroxyl groups is 2. The molecule has 1 rings (SSSR count). The molecule has 0 bridgehead atoms. The van der Waals surface area contributed by atoms with Crippen molar-refractivity contribution in [2.45, 2.75) is 39.9 Å². The first-order valence-corrected chi connectivity index (χ1v) is 5.78. The van der Waals surface area contributed by atoms with E-state index in [-0.39, 0.29) is 44.0 Å². The van der Waals surface area contributed by atoms with Gasteiger partial charge in [-0.2, -0.15) is 0 Å². The first-order valence-electron chi connectivity index (χ1n) is 5.78. The van der Waals surface area contributed by atoms with Crippen LogP contribution < -0.4 is 18.9 Å². The molecule has 1 aromatic rings. The molecular formula is C12H22BLiO5. The Morgan fingerprint density at radius 1 is 0.947 bits per heavy atom. The van der Waals surface area contributed by atoms with Gasteiger partial charge in [0, 0.05) is 12.2 Å². The Morgan fingerprint density at radius 2 is 1.26 bits per heavy atom. The van der Waals surface area contributed by atoms with Crippen molar-refractivity contribution in [1.29, 1.82) is 0 Å². The van der Waals surface area contributed by atoms with Crippen molar-refractivity contribution in [2.24, 2.45) is 0 Å². The van der Waals surface area contributed by atoms with Crippen molar-refractivity contribution in [2.75, 3.05) is 0 Å². The molecule has 0 aliphatic rings. The summed E-state index contributed by atoms with van der Waals surface area (Å²) in [6.07, 6.45) is -0.0116. The number of phenols is 2. The van der Waals surface area contributed by atoms with Crippen molar-refractivity contribution in [1.82, 2.24) is 0 Å². The first kappa shape index (κ1) is 20.7. The monoisotopic (exact) mass is 264 g/mol. The van der Waals surface area contributed by atoms with E-state index in [9.17, 15) is 0 Å². The third kappa shape index (κ3) is 12.2. The van der Waals surface area contributed by atoms with Crippen molar-refractivity contribution in [3.63, 3.8) is 0 Å². The molecule has 7 heteroatoms. The molecule has 0 atom stereocenters. The Balaban J connectivity index is -0.000000266. The van der Waals surface area contributed by atoms with Crippen LogP contribution in [0.2, 0.25) is 0 Å². The summed E-state index contributed by atoms with van der Waals surface area (Å²) in [6, 6.07) is 6.15. The average molecular weight is 264 g/mol. The van der Waals surface area contributed by atoms with Gasteiger partial charge in [0.15, 0.2) is 11.5 Å². The number of para-hydroxylation sites is 2. The van der Waals surface area contributed by atoms with E-state index in [1.165, 1.54) is 12.1 Å². The molecule has 0 saturated carbocycles. The third-order valence-corrected chi connectivity index (χ3v) is 1.66. The summed E-state index contributed by atoms with van der Waals surface area (Å²) in [5, 5.41) is 26.3. The maximum absolute atomic E-state index is 8.95. The maximum Gasteiger partial charge on any atom is 1.00 e. The minimum absolute atomic E-state index is 0. The van der Waals surface area contributed by atoms with Gasteiger partial charge in [-0.15, -0.1) is 0 Å². The largest absolute Gasteiger partial charge is 1.00 e. The predicted octanol–water partition coefficient (Wildman–Crippen LogP) is -0.972. The molecular weight excluding hydrogens is 242 g/mol. The van der Waals surface area contributed by atoms with Crippen LogP contribution in [-0.2, 0) is 9.31 Å². The Labute approximate surface area is 128 Å². The number of hydrogen-bond acceptors (Lipinski definition) is 5. The van der Waals surface area contributed by atoms with E-state index in [0.717, 1.165) is 0 Å². The molecule has 0 unspecified atom stereocenters. The maximum atomic E-state index is 8.95. The van der Waals surface area contributed by atoms with E-state index in [4.69, 9.17) is 24.5 Å². The number of rotatable bonds is 4. The van der Waals surface area contributed by atoms with Gasteiger partial charge in [0.05, 0.1) is 0 Å². The minimum Gasteiger partial charge on any atom is -1.00 e. The van der Waals surface area contributed by atoms with Crippen molar-refractivity contribution >= 4 is 7.32 Å². The zero-order valence-corrected chi connectivity index (χ0v) is 12.2.